The molecule has 6 nitrogen and oxygen atoms in total. The van der Waals surface area contributed by atoms with E-state index in [1.54, 1.807) is 24.3 Å². The third kappa shape index (κ3) is 4.05. The molecule has 1 aromatic heterocycles. The van der Waals surface area contributed by atoms with Gasteiger partial charge in [-0.05, 0) is 24.3 Å². The molecule has 1 atom stereocenters. The van der Waals surface area contributed by atoms with Crippen LogP contribution in [0.4, 0.5) is 5.69 Å². The number of amides is 2. The molecular formula is C19H18N2O4. The van der Waals surface area contributed by atoms with Gasteiger partial charge in [0.1, 0.15) is 17.4 Å². The second kappa shape index (κ2) is 7.63. The Morgan fingerprint density at radius 1 is 1.04 bits per heavy atom. The first-order valence-electron chi connectivity index (χ1n) is 7.83. The lowest BCUT2D eigenvalue weighted by molar-refractivity contribution is -0.136. The molecule has 2 N–H and O–H groups in total. The van der Waals surface area contributed by atoms with Crippen LogP contribution in [-0.4, -0.2) is 25.5 Å². The zero-order valence-corrected chi connectivity index (χ0v) is 13.7. The van der Waals surface area contributed by atoms with Gasteiger partial charge >= 0.3 is 11.8 Å². The number of nitrogens with one attached hydrogen (secondary N) is 2. The predicted octanol–water partition coefficient (Wildman–Crippen LogP) is 2.88. The number of ether oxygens (including phenoxy) is 1. The summed E-state index contributed by atoms with van der Waals surface area (Å²) in [6.07, 6.45) is -0.485. The summed E-state index contributed by atoms with van der Waals surface area (Å²) in [4.78, 5) is 23.9. The maximum atomic E-state index is 12.0. The number of furan rings is 1. The van der Waals surface area contributed by atoms with Crippen LogP contribution in [0.1, 0.15) is 11.9 Å². The van der Waals surface area contributed by atoms with E-state index in [1.807, 2.05) is 36.4 Å². The number of carbonyl (C=O) groups is 2. The first kappa shape index (κ1) is 16.7. The van der Waals surface area contributed by atoms with Crippen LogP contribution in [0.5, 0.6) is 0 Å². The maximum Gasteiger partial charge on any atom is 0.313 e. The molecule has 0 fully saturated rings. The van der Waals surface area contributed by atoms with Gasteiger partial charge in [0.05, 0.1) is 6.54 Å². The summed E-state index contributed by atoms with van der Waals surface area (Å²) in [6, 6.07) is 18.2. The van der Waals surface area contributed by atoms with Crippen molar-refractivity contribution in [1.82, 2.24) is 5.32 Å². The SMILES string of the molecule is CO[C@H](CNC(=O)C(=O)Nc1ccccc1)c1cc2ccccc2o1. The van der Waals surface area contributed by atoms with Gasteiger partial charge in [-0.3, -0.25) is 9.59 Å². The fraction of sp³-hybridized carbons (Fsp3) is 0.158. The predicted molar refractivity (Wildman–Crippen MR) is 94.0 cm³/mol. The van der Waals surface area contributed by atoms with Gasteiger partial charge < -0.3 is 19.8 Å². The Hall–Kier alpha value is -3.12. The Morgan fingerprint density at radius 3 is 2.48 bits per heavy atom. The standard InChI is InChI=1S/C19H18N2O4/c1-24-17(16-11-13-7-5-6-10-15(13)25-16)12-20-18(22)19(23)21-14-8-3-2-4-9-14/h2-11,17H,12H2,1H3,(H,20,22)(H,21,23)/t17-/m1/s1. The lowest BCUT2D eigenvalue weighted by Gasteiger charge is -2.13. The van der Waals surface area contributed by atoms with Crippen LogP contribution in [-0.2, 0) is 14.3 Å². The smallest absolute Gasteiger partial charge is 0.313 e. The first-order chi connectivity index (χ1) is 12.2. The highest BCUT2D eigenvalue weighted by molar-refractivity contribution is 6.39. The molecule has 25 heavy (non-hydrogen) atoms. The van der Waals surface area contributed by atoms with Crippen molar-refractivity contribution in [3.63, 3.8) is 0 Å². The van der Waals surface area contributed by atoms with Crippen molar-refractivity contribution in [3.05, 3.63) is 66.4 Å². The van der Waals surface area contributed by atoms with Crippen molar-refractivity contribution >= 4 is 28.5 Å². The number of para-hydroxylation sites is 2. The van der Waals surface area contributed by atoms with Crippen molar-refractivity contribution in [1.29, 1.82) is 0 Å². The van der Waals surface area contributed by atoms with Crippen LogP contribution in [0.25, 0.3) is 11.0 Å². The summed E-state index contributed by atoms with van der Waals surface area (Å²) in [7, 11) is 1.52. The number of anilines is 1. The monoisotopic (exact) mass is 338 g/mol. The molecule has 0 saturated carbocycles. The van der Waals surface area contributed by atoms with Crippen LogP contribution < -0.4 is 10.6 Å². The summed E-state index contributed by atoms with van der Waals surface area (Å²) >= 11 is 0. The molecule has 0 bridgehead atoms. The number of hydrogen-bond donors (Lipinski definition) is 2. The van der Waals surface area contributed by atoms with E-state index in [0.29, 0.717) is 11.4 Å². The molecule has 0 saturated heterocycles. The number of fused-ring (bicyclic) bond motifs is 1. The minimum absolute atomic E-state index is 0.122. The van der Waals surface area contributed by atoms with Gasteiger partial charge in [-0.2, -0.15) is 0 Å². The Balaban J connectivity index is 1.60. The summed E-state index contributed by atoms with van der Waals surface area (Å²) in [5.41, 5.74) is 1.30. The lowest BCUT2D eigenvalue weighted by Crippen LogP contribution is -2.37. The van der Waals surface area contributed by atoms with Gasteiger partial charge in [0.2, 0.25) is 0 Å². The zero-order valence-electron chi connectivity index (χ0n) is 13.7. The minimum atomic E-state index is -0.734. The van der Waals surface area contributed by atoms with Gasteiger partial charge in [-0.15, -0.1) is 0 Å². The van der Waals surface area contributed by atoms with Crippen LogP contribution in [0.15, 0.2) is 65.1 Å². The van der Waals surface area contributed by atoms with Gasteiger partial charge in [0.25, 0.3) is 0 Å². The first-order valence-corrected chi connectivity index (χ1v) is 7.83. The Morgan fingerprint density at radius 2 is 1.76 bits per heavy atom. The van der Waals surface area contributed by atoms with E-state index >= 15 is 0 Å². The molecule has 0 aliphatic carbocycles. The molecule has 0 aliphatic rings. The van der Waals surface area contributed by atoms with E-state index in [2.05, 4.69) is 10.6 Å². The normalized spacial score (nSPS) is 11.9. The van der Waals surface area contributed by atoms with Crippen LogP contribution in [0.2, 0.25) is 0 Å². The number of rotatable bonds is 5. The van der Waals surface area contributed by atoms with Gasteiger partial charge in [0.15, 0.2) is 0 Å². The Labute approximate surface area is 144 Å². The quantitative estimate of drug-likeness (QED) is 0.701. The van der Waals surface area contributed by atoms with Crippen LogP contribution in [0.3, 0.4) is 0 Å². The molecule has 128 valence electrons. The molecule has 0 radical (unpaired) electrons. The summed E-state index contributed by atoms with van der Waals surface area (Å²) in [6.45, 7) is 0.122. The van der Waals surface area contributed by atoms with E-state index < -0.39 is 17.9 Å². The Bertz CT molecular complexity index is 840. The molecule has 2 aromatic carbocycles. The highest BCUT2D eigenvalue weighted by Crippen LogP contribution is 2.25. The average Bonchev–Trinajstić information content (AvgIpc) is 3.06. The van der Waals surface area contributed by atoms with Crippen molar-refractivity contribution < 1.29 is 18.7 Å². The highest BCUT2D eigenvalue weighted by Gasteiger charge is 2.19. The van der Waals surface area contributed by atoms with Crippen molar-refractivity contribution in [2.75, 3.05) is 19.0 Å². The van der Waals surface area contributed by atoms with Gasteiger partial charge in [-0.25, -0.2) is 0 Å². The highest BCUT2D eigenvalue weighted by atomic mass is 16.5. The molecular weight excluding hydrogens is 320 g/mol. The zero-order chi connectivity index (χ0) is 17.6. The fourth-order valence-corrected chi connectivity index (χ4v) is 2.44. The number of carbonyl (C=O) groups excluding carboxylic acids is 2. The molecule has 0 aliphatic heterocycles. The lowest BCUT2D eigenvalue weighted by atomic mass is 10.2. The van der Waals surface area contributed by atoms with E-state index in [9.17, 15) is 9.59 Å². The second-order valence-corrected chi connectivity index (χ2v) is 5.44. The van der Waals surface area contributed by atoms with Crippen LogP contribution in [0, 0.1) is 0 Å². The molecule has 0 unspecified atom stereocenters. The number of benzene rings is 2. The third-order valence-corrected chi connectivity index (χ3v) is 3.73. The molecule has 1 heterocycles. The maximum absolute atomic E-state index is 12.0. The molecule has 6 heteroatoms. The third-order valence-electron chi connectivity index (χ3n) is 3.73. The Kier molecular flexibility index (Phi) is 5.11. The summed E-state index contributed by atoms with van der Waals surface area (Å²) < 4.78 is 11.1. The van der Waals surface area contributed by atoms with Crippen molar-refractivity contribution in [2.45, 2.75) is 6.10 Å². The number of methoxy groups -OCH3 is 1. The van der Waals surface area contributed by atoms with Crippen LogP contribution >= 0.6 is 0 Å². The molecule has 3 aromatic rings. The van der Waals surface area contributed by atoms with E-state index in [0.717, 1.165) is 11.0 Å². The molecule has 2 amide bonds. The number of hydrogen-bond acceptors (Lipinski definition) is 4. The van der Waals surface area contributed by atoms with Gasteiger partial charge in [0, 0.05) is 18.2 Å². The van der Waals surface area contributed by atoms with E-state index in [-0.39, 0.29) is 6.54 Å². The average molecular weight is 338 g/mol. The van der Waals surface area contributed by atoms with Crippen molar-refractivity contribution in [2.24, 2.45) is 0 Å². The van der Waals surface area contributed by atoms with Crippen molar-refractivity contribution in [3.8, 4) is 0 Å². The van der Waals surface area contributed by atoms with E-state index in [4.69, 9.17) is 9.15 Å². The minimum Gasteiger partial charge on any atom is -0.458 e. The largest absolute Gasteiger partial charge is 0.458 e. The second-order valence-electron chi connectivity index (χ2n) is 5.44. The summed E-state index contributed by atoms with van der Waals surface area (Å²) in [5.74, 6) is -0.875. The van der Waals surface area contributed by atoms with Gasteiger partial charge in [-0.1, -0.05) is 36.4 Å². The molecule has 0 spiro atoms. The van der Waals surface area contributed by atoms with E-state index in [1.165, 1.54) is 7.11 Å². The fourth-order valence-electron chi connectivity index (χ4n) is 2.44. The molecule has 3 rings (SSSR count). The summed E-state index contributed by atoms with van der Waals surface area (Å²) in [5, 5.41) is 6.04. The topological polar surface area (TPSA) is 80.6 Å².